The first kappa shape index (κ1) is 27.4. The number of pyridine rings is 1. The molecule has 2 N–H and O–H groups in total. The molecule has 12 heteroatoms. The van der Waals surface area contributed by atoms with Crippen LogP contribution in [0.4, 0.5) is 15.0 Å². The smallest absolute Gasteiger partial charge is 0.407 e. The SMILES string of the molecule is CC(C)OC(=O)NC1CCC(c2ncc(C3C=CC(=Nc4ccc(F)cn4)C=C3NS(=O)(=O)C3CC3)s2)CC1. The number of nitrogens with zero attached hydrogens (tertiary/aromatic N) is 3. The van der Waals surface area contributed by atoms with Gasteiger partial charge in [-0.2, -0.15) is 0 Å². The number of carbonyl (C=O) groups excluding carboxylic acids is 1. The molecule has 5 rings (SSSR count). The van der Waals surface area contributed by atoms with Crippen LogP contribution in [0.1, 0.15) is 74.1 Å². The van der Waals surface area contributed by atoms with Crippen molar-refractivity contribution < 1.29 is 22.3 Å². The molecule has 3 aliphatic carbocycles. The standard InChI is InChI=1S/C27H32FN5O4S2/c1-16(2)37-27(34)32-19-6-3-17(4-7-19)26-30-15-24(38-26)22-11-8-20(31-25-12-5-18(28)14-29-25)13-23(22)33-39(35,36)21-9-10-21/h5,8,11-17,19,21-22,33H,3-4,6-7,9-10H2,1-2H3,(H,32,34). The van der Waals surface area contributed by atoms with E-state index in [-0.39, 0.29) is 35.3 Å². The Morgan fingerprint density at radius 3 is 2.56 bits per heavy atom. The molecular weight excluding hydrogens is 541 g/mol. The summed E-state index contributed by atoms with van der Waals surface area (Å²) in [6, 6.07) is 2.84. The second-order valence-corrected chi connectivity index (χ2v) is 13.5. The zero-order valence-corrected chi connectivity index (χ0v) is 23.5. The summed E-state index contributed by atoms with van der Waals surface area (Å²) in [7, 11) is -3.50. The molecule has 3 aliphatic rings. The zero-order chi connectivity index (χ0) is 27.6. The Balaban J connectivity index is 1.30. The van der Waals surface area contributed by atoms with Gasteiger partial charge in [-0.15, -0.1) is 11.3 Å². The minimum absolute atomic E-state index is 0.0906. The van der Waals surface area contributed by atoms with Gasteiger partial charge in [-0.3, -0.25) is 4.72 Å². The number of amides is 1. The van der Waals surface area contributed by atoms with E-state index >= 15 is 0 Å². The number of hydrogen-bond donors (Lipinski definition) is 2. The number of carbonyl (C=O) groups is 1. The van der Waals surface area contributed by atoms with Gasteiger partial charge >= 0.3 is 6.09 Å². The van der Waals surface area contributed by atoms with Crippen molar-refractivity contribution in [1.29, 1.82) is 0 Å². The van der Waals surface area contributed by atoms with Crippen LogP contribution >= 0.6 is 11.3 Å². The highest BCUT2D eigenvalue weighted by Crippen LogP contribution is 2.39. The lowest BCUT2D eigenvalue weighted by molar-refractivity contribution is 0.109. The van der Waals surface area contributed by atoms with Crippen LogP contribution in [0.25, 0.3) is 0 Å². The molecule has 39 heavy (non-hydrogen) atoms. The van der Waals surface area contributed by atoms with E-state index in [1.165, 1.54) is 12.1 Å². The van der Waals surface area contributed by atoms with E-state index < -0.39 is 15.8 Å². The highest BCUT2D eigenvalue weighted by molar-refractivity contribution is 7.90. The van der Waals surface area contributed by atoms with E-state index in [9.17, 15) is 17.6 Å². The van der Waals surface area contributed by atoms with Gasteiger partial charge in [0.25, 0.3) is 0 Å². The number of nitrogens with one attached hydrogen (secondary N) is 2. The third-order valence-corrected chi connectivity index (χ3v) is 9.98. The van der Waals surface area contributed by atoms with Crippen LogP contribution in [-0.2, 0) is 14.8 Å². The normalized spacial score (nSPS) is 24.5. The summed E-state index contributed by atoms with van der Waals surface area (Å²) < 4.78 is 46.9. The molecule has 0 aromatic carbocycles. The van der Waals surface area contributed by atoms with Crippen LogP contribution < -0.4 is 10.0 Å². The molecule has 1 unspecified atom stereocenters. The quantitative estimate of drug-likeness (QED) is 0.446. The average Bonchev–Trinajstić information content (AvgIpc) is 3.64. The molecule has 0 spiro atoms. The summed E-state index contributed by atoms with van der Waals surface area (Å²) in [5.74, 6) is -0.148. The first-order chi connectivity index (χ1) is 18.7. The van der Waals surface area contributed by atoms with E-state index in [1.807, 2.05) is 32.2 Å². The summed E-state index contributed by atoms with van der Waals surface area (Å²) in [5, 5.41) is 3.59. The molecule has 2 aromatic rings. The van der Waals surface area contributed by atoms with Crippen LogP contribution in [-0.4, -0.2) is 47.6 Å². The van der Waals surface area contributed by atoms with E-state index in [0.29, 0.717) is 30.1 Å². The Hall–Kier alpha value is -3.12. The van der Waals surface area contributed by atoms with Gasteiger partial charge < -0.3 is 10.1 Å². The third-order valence-electron chi connectivity index (χ3n) is 6.87. The Labute approximate surface area is 231 Å². The molecule has 0 saturated heterocycles. The number of thiazole rings is 1. The number of aromatic nitrogens is 2. The molecular formula is C27H32FN5O4S2. The largest absolute Gasteiger partial charge is 0.447 e. The van der Waals surface area contributed by atoms with Crippen molar-refractivity contribution in [3.05, 3.63) is 64.2 Å². The number of hydrogen-bond acceptors (Lipinski definition) is 8. The van der Waals surface area contributed by atoms with Crippen molar-refractivity contribution >= 4 is 39.0 Å². The van der Waals surface area contributed by atoms with Gasteiger partial charge in [0.1, 0.15) is 5.82 Å². The monoisotopic (exact) mass is 573 g/mol. The molecule has 0 bridgehead atoms. The lowest BCUT2D eigenvalue weighted by Gasteiger charge is -2.28. The number of sulfonamides is 1. The Morgan fingerprint density at radius 1 is 1.13 bits per heavy atom. The van der Waals surface area contributed by atoms with Crippen molar-refractivity contribution in [3.63, 3.8) is 0 Å². The fraction of sp³-hybridized carbons (Fsp3) is 0.481. The van der Waals surface area contributed by atoms with Gasteiger partial charge in [0.15, 0.2) is 5.82 Å². The number of rotatable bonds is 8. The van der Waals surface area contributed by atoms with E-state index in [4.69, 9.17) is 9.72 Å². The molecule has 0 radical (unpaired) electrons. The van der Waals surface area contributed by atoms with Crippen LogP contribution in [0, 0.1) is 5.82 Å². The molecule has 2 saturated carbocycles. The number of halogens is 1. The highest BCUT2D eigenvalue weighted by Gasteiger charge is 2.37. The number of aliphatic imine (C=N–C) groups is 1. The molecule has 1 atom stereocenters. The maximum absolute atomic E-state index is 13.2. The Morgan fingerprint density at radius 2 is 1.90 bits per heavy atom. The average molecular weight is 574 g/mol. The van der Waals surface area contributed by atoms with E-state index in [2.05, 4.69) is 20.0 Å². The molecule has 9 nitrogen and oxygen atoms in total. The van der Waals surface area contributed by atoms with Crippen molar-refractivity contribution in [2.45, 2.75) is 81.6 Å². The Kier molecular flexibility index (Phi) is 8.13. The van der Waals surface area contributed by atoms with E-state index in [0.717, 1.165) is 41.8 Å². The predicted molar refractivity (Wildman–Crippen MR) is 148 cm³/mol. The number of alkyl carbamates (subject to hydrolysis) is 1. The van der Waals surface area contributed by atoms with Crippen molar-refractivity contribution in [1.82, 2.24) is 20.0 Å². The van der Waals surface area contributed by atoms with Crippen LogP contribution in [0.2, 0.25) is 0 Å². The summed E-state index contributed by atoms with van der Waals surface area (Å²) >= 11 is 1.59. The van der Waals surface area contributed by atoms with Gasteiger partial charge in [0.2, 0.25) is 10.0 Å². The topological polar surface area (TPSA) is 123 Å². The molecule has 208 valence electrons. The summed E-state index contributed by atoms with van der Waals surface area (Å²) in [6.07, 6.45) is 12.6. The number of allylic oxidation sites excluding steroid dienone is 3. The van der Waals surface area contributed by atoms with Crippen molar-refractivity contribution in [2.75, 3.05) is 0 Å². The predicted octanol–water partition coefficient (Wildman–Crippen LogP) is 5.23. The maximum atomic E-state index is 13.2. The van der Waals surface area contributed by atoms with Gasteiger partial charge in [0, 0.05) is 28.7 Å². The van der Waals surface area contributed by atoms with Crippen molar-refractivity contribution in [3.8, 4) is 0 Å². The van der Waals surface area contributed by atoms with E-state index in [1.54, 1.807) is 17.4 Å². The van der Waals surface area contributed by atoms with Crippen LogP contribution in [0.15, 0.2) is 53.4 Å². The summed E-state index contributed by atoms with van der Waals surface area (Å²) in [6.45, 7) is 3.65. The molecule has 0 aliphatic heterocycles. The van der Waals surface area contributed by atoms with Crippen LogP contribution in [0.3, 0.4) is 0 Å². The first-order valence-corrected chi connectivity index (χ1v) is 15.6. The van der Waals surface area contributed by atoms with Crippen molar-refractivity contribution in [2.24, 2.45) is 4.99 Å². The fourth-order valence-electron chi connectivity index (χ4n) is 4.73. The fourth-order valence-corrected chi connectivity index (χ4v) is 7.36. The molecule has 2 aromatic heterocycles. The summed E-state index contributed by atoms with van der Waals surface area (Å²) in [4.78, 5) is 26.0. The maximum Gasteiger partial charge on any atom is 0.407 e. The van der Waals surface area contributed by atoms with Crippen LogP contribution in [0.5, 0.6) is 0 Å². The lowest BCUT2D eigenvalue weighted by atomic mass is 9.86. The Bertz CT molecular complexity index is 1390. The zero-order valence-electron chi connectivity index (χ0n) is 21.8. The first-order valence-electron chi connectivity index (χ1n) is 13.2. The lowest BCUT2D eigenvalue weighted by Crippen LogP contribution is -2.38. The number of ether oxygens (including phenoxy) is 1. The second kappa shape index (κ2) is 11.5. The molecule has 2 fully saturated rings. The second-order valence-electron chi connectivity index (χ2n) is 10.4. The van der Waals surface area contributed by atoms with Gasteiger partial charge in [-0.05, 0) is 76.7 Å². The van der Waals surface area contributed by atoms with Gasteiger partial charge in [-0.25, -0.2) is 32.6 Å². The minimum atomic E-state index is -3.50. The molecule has 1 amide bonds. The van der Waals surface area contributed by atoms with Gasteiger partial charge in [0.05, 0.1) is 34.2 Å². The third kappa shape index (κ3) is 7.10. The highest BCUT2D eigenvalue weighted by atomic mass is 32.2. The minimum Gasteiger partial charge on any atom is -0.447 e. The van der Waals surface area contributed by atoms with Gasteiger partial charge in [-0.1, -0.05) is 6.08 Å². The molecule has 2 heterocycles. The summed E-state index contributed by atoms with van der Waals surface area (Å²) in [5.41, 5.74) is 1.03.